The lowest BCUT2D eigenvalue weighted by Crippen LogP contribution is -2.54. The summed E-state index contributed by atoms with van der Waals surface area (Å²) in [5, 5.41) is 0.873. The van der Waals surface area contributed by atoms with Crippen LogP contribution in [0.15, 0.2) is 24.3 Å². The molecule has 0 aliphatic rings. The predicted octanol–water partition coefficient (Wildman–Crippen LogP) is 2.25. The normalized spacial score (nSPS) is 12.1. The Kier molecular flexibility index (Phi) is 5.24. The Morgan fingerprint density at radius 2 is 1.38 bits per heavy atom. The molecule has 0 spiro atoms. The van der Waals surface area contributed by atoms with E-state index in [4.69, 9.17) is 36.5 Å². The second kappa shape index (κ2) is 6.00. The Balaban J connectivity index is 3.03. The highest BCUT2D eigenvalue weighted by atomic mass is 35.5. The first-order valence-electron chi connectivity index (χ1n) is 4.63. The van der Waals surface area contributed by atoms with Gasteiger partial charge in [0.2, 0.25) is 0 Å². The Bertz CT molecular complexity index is 317. The van der Waals surface area contributed by atoms with Crippen molar-refractivity contribution in [1.29, 1.82) is 0 Å². The molecule has 0 aliphatic heterocycles. The van der Waals surface area contributed by atoms with Gasteiger partial charge in [0.1, 0.15) is 4.84 Å². The fraction of sp³-hybridized carbons (Fsp3) is 0.400. The average Bonchev–Trinajstić information content (AvgIpc) is 2.33. The van der Waals surface area contributed by atoms with E-state index in [0.717, 1.165) is 10.8 Å². The zero-order valence-electron chi connectivity index (χ0n) is 9.37. The van der Waals surface area contributed by atoms with Crippen molar-refractivity contribution in [3.8, 4) is 0 Å². The van der Waals surface area contributed by atoms with Crippen molar-refractivity contribution in [3.05, 3.63) is 29.8 Å². The molecular formula is C10H14Cl2O3Si. The minimum atomic E-state index is -2.74. The fourth-order valence-electron chi connectivity index (χ4n) is 1.44. The summed E-state index contributed by atoms with van der Waals surface area (Å²) in [6.07, 6.45) is 0. The average molecular weight is 281 g/mol. The summed E-state index contributed by atoms with van der Waals surface area (Å²) < 4.78 is 16.1. The zero-order valence-corrected chi connectivity index (χ0v) is 11.9. The lowest BCUT2D eigenvalue weighted by atomic mass is 10.2. The van der Waals surface area contributed by atoms with Crippen molar-refractivity contribution in [1.82, 2.24) is 0 Å². The van der Waals surface area contributed by atoms with E-state index in [-0.39, 0.29) is 0 Å². The SMILES string of the molecule is CO[Si](OC)(OC)c1ccc(C(Cl)Cl)cc1. The van der Waals surface area contributed by atoms with E-state index in [1.807, 2.05) is 24.3 Å². The summed E-state index contributed by atoms with van der Waals surface area (Å²) in [7, 11) is 1.97. The molecule has 0 atom stereocenters. The van der Waals surface area contributed by atoms with Crippen LogP contribution in [0.3, 0.4) is 0 Å². The zero-order chi connectivity index (χ0) is 12.2. The van der Waals surface area contributed by atoms with Crippen LogP contribution >= 0.6 is 23.2 Å². The molecule has 1 aromatic carbocycles. The second-order valence-corrected chi connectivity index (χ2v) is 7.10. The van der Waals surface area contributed by atoms with E-state index in [1.165, 1.54) is 0 Å². The number of benzene rings is 1. The molecular weight excluding hydrogens is 267 g/mol. The Morgan fingerprint density at radius 3 is 1.69 bits per heavy atom. The summed E-state index contributed by atoms with van der Waals surface area (Å²) in [5.41, 5.74) is 0.832. The summed E-state index contributed by atoms with van der Waals surface area (Å²) in [4.78, 5) is -0.530. The molecule has 1 rings (SSSR count). The molecule has 0 radical (unpaired) electrons. The number of halogens is 2. The monoisotopic (exact) mass is 280 g/mol. The second-order valence-electron chi connectivity index (χ2n) is 3.09. The highest BCUT2D eigenvalue weighted by Gasteiger charge is 2.40. The van der Waals surface area contributed by atoms with E-state index in [0.29, 0.717) is 0 Å². The molecule has 0 amide bonds. The molecule has 0 bridgehead atoms. The predicted molar refractivity (Wildman–Crippen MR) is 67.3 cm³/mol. The largest absolute Gasteiger partial charge is 0.536 e. The van der Waals surface area contributed by atoms with Crippen LogP contribution in [0.4, 0.5) is 0 Å². The number of rotatable bonds is 5. The van der Waals surface area contributed by atoms with Crippen LogP contribution in [0.2, 0.25) is 0 Å². The van der Waals surface area contributed by atoms with E-state index in [9.17, 15) is 0 Å². The van der Waals surface area contributed by atoms with Crippen molar-refractivity contribution in [2.45, 2.75) is 4.84 Å². The van der Waals surface area contributed by atoms with Gasteiger partial charge in [0.15, 0.2) is 0 Å². The van der Waals surface area contributed by atoms with Gasteiger partial charge in [-0.2, -0.15) is 0 Å². The fourth-order valence-corrected chi connectivity index (χ4v) is 3.51. The van der Waals surface area contributed by atoms with Gasteiger partial charge in [-0.15, -0.1) is 23.2 Å². The highest BCUT2D eigenvalue weighted by molar-refractivity contribution is 6.75. The van der Waals surface area contributed by atoms with Gasteiger partial charge in [-0.05, 0) is 5.56 Å². The summed E-state index contributed by atoms with van der Waals surface area (Å²) in [5.74, 6) is 0. The maximum Gasteiger partial charge on any atom is 0.536 e. The third-order valence-electron chi connectivity index (χ3n) is 2.32. The molecule has 0 aromatic heterocycles. The summed E-state index contributed by atoms with van der Waals surface area (Å²) >= 11 is 11.5. The molecule has 0 N–H and O–H groups in total. The van der Waals surface area contributed by atoms with Crippen molar-refractivity contribution < 1.29 is 13.3 Å². The van der Waals surface area contributed by atoms with Crippen LogP contribution in [0.25, 0.3) is 0 Å². The molecule has 90 valence electrons. The van der Waals surface area contributed by atoms with Gasteiger partial charge in [-0.1, -0.05) is 24.3 Å². The van der Waals surface area contributed by atoms with Crippen molar-refractivity contribution in [2.24, 2.45) is 0 Å². The maximum absolute atomic E-state index is 5.75. The highest BCUT2D eigenvalue weighted by Crippen LogP contribution is 2.23. The topological polar surface area (TPSA) is 27.7 Å². The molecule has 1 aromatic rings. The Hall–Kier alpha value is -0.103. The van der Waals surface area contributed by atoms with Crippen LogP contribution in [0.5, 0.6) is 0 Å². The third-order valence-corrected chi connectivity index (χ3v) is 5.48. The van der Waals surface area contributed by atoms with E-state index in [2.05, 4.69) is 0 Å². The number of hydrogen-bond donors (Lipinski definition) is 0. The van der Waals surface area contributed by atoms with E-state index >= 15 is 0 Å². The first-order chi connectivity index (χ1) is 7.59. The van der Waals surface area contributed by atoms with Gasteiger partial charge in [0, 0.05) is 26.5 Å². The van der Waals surface area contributed by atoms with Crippen molar-refractivity contribution in [3.63, 3.8) is 0 Å². The van der Waals surface area contributed by atoms with E-state index < -0.39 is 13.6 Å². The summed E-state index contributed by atoms with van der Waals surface area (Å²) in [6, 6.07) is 7.38. The molecule has 0 unspecified atom stereocenters. The molecule has 0 aliphatic carbocycles. The standard InChI is InChI=1S/C10H14Cl2O3Si/c1-13-16(14-2,15-3)9-6-4-8(5-7-9)10(11)12/h4-7,10H,1-3H3. The Morgan fingerprint density at radius 1 is 0.938 bits per heavy atom. The Labute approximate surface area is 107 Å². The summed E-state index contributed by atoms with van der Waals surface area (Å²) in [6.45, 7) is 0. The molecule has 0 fully saturated rings. The van der Waals surface area contributed by atoms with Gasteiger partial charge in [0.05, 0.1) is 0 Å². The quantitative estimate of drug-likeness (QED) is 0.612. The lowest BCUT2D eigenvalue weighted by molar-refractivity contribution is 0.140. The van der Waals surface area contributed by atoms with E-state index in [1.54, 1.807) is 21.3 Å². The molecule has 16 heavy (non-hydrogen) atoms. The third kappa shape index (κ3) is 2.77. The van der Waals surface area contributed by atoms with Gasteiger partial charge >= 0.3 is 8.80 Å². The lowest BCUT2D eigenvalue weighted by Gasteiger charge is -2.24. The van der Waals surface area contributed by atoms with Crippen molar-refractivity contribution in [2.75, 3.05) is 21.3 Å². The van der Waals surface area contributed by atoms with Crippen LogP contribution in [-0.2, 0) is 13.3 Å². The minimum absolute atomic E-state index is 0.530. The first-order valence-corrected chi connectivity index (χ1v) is 7.23. The molecule has 0 saturated carbocycles. The first kappa shape index (κ1) is 14.0. The van der Waals surface area contributed by atoms with Gasteiger partial charge in [0.25, 0.3) is 0 Å². The molecule has 0 saturated heterocycles. The molecule has 3 nitrogen and oxygen atoms in total. The molecule has 6 heteroatoms. The number of alkyl halides is 2. The number of hydrogen-bond acceptors (Lipinski definition) is 3. The van der Waals surface area contributed by atoms with Crippen LogP contribution < -0.4 is 5.19 Å². The van der Waals surface area contributed by atoms with Crippen LogP contribution in [0.1, 0.15) is 10.4 Å². The smallest absolute Gasteiger partial charge is 0.373 e. The molecule has 0 heterocycles. The van der Waals surface area contributed by atoms with Crippen LogP contribution in [0, 0.1) is 0 Å². The van der Waals surface area contributed by atoms with Gasteiger partial charge in [-0.3, -0.25) is 0 Å². The maximum atomic E-state index is 5.75. The van der Waals surface area contributed by atoms with Gasteiger partial charge < -0.3 is 13.3 Å². The van der Waals surface area contributed by atoms with Gasteiger partial charge in [-0.25, -0.2) is 0 Å². The van der Waals surface area contributed by atoms with Crippen molar-refractivity contribution >= 4 is 37.2 Å². The van der Waals surface area contributed by atoms with Crippen LogP contribution in [-0.4, -0.2) is 30.1 Å². The minimum Gasteiger partial charge on any atom is -0.373 e.